The van der Waals surface area contributed by atoms with E-state index in [1.54, 1.807) is 0 Å². The largest absolute Gasteiger partial charge is 0.179 e. The van der Waals surface area contributed by atoms with Gasteiger partial charge in [-0.25, -0.2) is 0 Å². The summed E-state index contributed by atoms with van der Waals surface area (Å²) >= 11 is 0. The first kappa shape index (κ1) is 51.8. The maximum atomic E-state index is 2.41. The summed E-state index contributed by atoms with van der Waals surface area (Å²) in [5, 5.41) is 5.51. The second-order valence-electron chi connectivity index (χ2n) is 22.6. The van der Waals surface area contributed by atoms with Gasteiger partial charge in [-0.15, -0.1) is 0 Å². The molecule has 13 rings (SSSR count). The number of rotatable bonds is 13. The van der Waals surface area contributed by atoms with Crippen molar-refractivity contribution in [1.82, 2.24) is 0 Å². The molecule has 392 valence electrons. The molecule has 0 heterocycles. The molecule has 1 aliphatic carbocycles. The Bertz CT molecular complexity index is 4210. The Morgan fingerprint density at radius 3 is 1.02 bits per heavy atom. The molecule has 12 aromatic carbocycles. The van der Waals surface area contributed by atoms with Gasteiger partial charge in [0.2, 0.25) is 0 Å². The summed E-state index contributed by atoms with van der Waals surface area (Å²) in [6, 6.07) is 113. The number of hydrogen-bond acceptors (Lipinski definition) is 0. The number of aryl methyl sites for hydroxylation is 2. The molecule has 0 aliphatic heterocycles. The van der Waals surface area contributed by atoms with Crippen LogP contribution in [0.1, 0.15) is 69.5 Å². The first-order valence-corrected chi connectivity index (χ1v) is 30.7. The average Bonchev–Trinajstić information content (AvgIpc) is 3.52. The van der Waals surface area contributed by atoms with Crippen LogP contribution in [0.25, 0.3) is 67.8 Å². The molecule has 0 fully saturated rings. The molecule has 0 N–H and O–H groups in total. The Morgan fingerprint density at radius 2 is 0.585 bits per heavy atom. The smallest absolute Gasteiger partial charge is 0.0623 e. The Kier molecular flexibility index (Phi) is 14.0. The molecule has 0 spiro atoms. The lowest BCUT2D eigenvalue weighted by Gasteiger charge is -2.34. The Labute approximate surface area is 485 Å². The molecule has 0 saturated carbocycles. The molecule has 1 aliphatic rings. The molecular formula is C81H64Si. The van der Waals surface area contributed by atoms with Gasteiger partial charge in [0.1, 0.15) is 0 Å². The van der Waals surface area contributed by atoms with Crippen LogP contribution in [0.2, 0.25) is 0 Å². The Balaban J connectivity index is 0.749. The number of fused-ring (bicyclic) bond motifs is 3. The Morgan fingerprint density at radius 1 is 0.280 bits per heavy atom. The second kappa shape index (κ2) is 22.1. The van der Waals surface area contributed by atoms with Crippen molar-refractivity contribution in [2.24, 2.45) is 0 Å². The molecule has 1 heteroatoms. The first-order chi connectivity index (χ1) is 40.2. The van der Waals surface area contributed by atoms with E-state index in [0.717, 1.165) is 11.1 Å². The van der Waals surface area contributed by atoms with E-state index in [-0.39, 0.29) is 5.41 Å². The molecule has 0 nitrogen and oxygen atoms in total. The lowest BCUT2D eigenvalue weighted by molar-refractivity contribution is 0.660. The van der Waals surface area contributed by atoms with Crippen LogP contribution in [0.15, 0.2) is 303 Å². The highest BCUT2D eigenvalue weighted by Gasteiger charge is 2.41. The fourth-order valence-electron chi connectivity index (χ4n) is 12.6. The van der Waals surface area contributed by atoms with E-state index in [1.807, 2.05) is 0 Å². The minimum Gasteiger partial charge on any atom is -0.0623 e. The van der Waals surface area contributed by atoms with E-state index < -0.39 is 8.07 Å². The van der Waals surface area contributed by atoms with Gasteiger partial charge in [0, 0.05) is 5.41 Å². The molecule has 82 heavy (non-hydrogen) atoms. The van der Waals surface area contributed by atoms with Gasteiger partial charge >= 0.3 is 0 Å². The molecule has 0 saturated heterocycles. The van der Waals surface area contributed by atoms with Crippen molar-refractivity contribution in [3.05, 3.63) is 359 Å². The Hall–Kier alpha value is -9.66. The zero-order valence-electron chi connectivity index (χ0n) is 47.0. The van der Waals surface area contributed by atoms with Gasteiger partial charge in [-0.2, -0.15) is 0 Å². The second-order valence-corrected chi connectivity index (χ2v) is 26.4. The molecule has 0 radical (unpaired) electrons. The molecular weight excluding hydrogens is 1000 g/mol. The fraction of sp³-hybridized carbons (Fsp3) is 0.0617. The van der Waals surface area contributed by atoms with E-state index in [9.17, 15) is 0 Å². The zero-order valence-corrected chi connectivity index (χ0v) is 48.0. The standard InChI is InChI=1S/C81H64Si/c1-57-25-47-73(48-26-57)82(71-21-13-7-14-22-71,72-23-15-8-16-24-72)74-49-44-64(45-50-74)63-36-40-68(41-37-63)77(66-17-9-5-10-18-66)54-59-28-32-61(33-29-59)62-34-30-60(31-35-62)55-78(67-19-11-6-12-20-67)69-42-38-65(39-43-69)70-46-52-76-75-51-27-58(2)53-79(75)81(3,4)80(76)56-70/h5-56H,1-4H3/b77-54+,78-55+. The predicted molar refractivity (Wildman–Crippen MR) is 353 cm³/mol. The van der Waals surface area contributed by atoms with E-state index >= 15 is 0 Å². The van der Waals surface area contributed by atoms with Gasteiger partial charge in [-0.1, -0.05) is 322 Å². The third-order valence-electron chi connectivity index (χ3n) is 17.1. The summed E-state index contributed by atoms with van der Waals surface area (Å²) in [6.45, 7) is 9.09. The lowest BCUT2D eigenvalue weighted by atomic mass is 9.81. The summed E-state index contributed by atoms with van der Waals surface area (Å²) in [5.74, 6) is 0. The normalized spacial score (nSPS) is 12.9. The summed E-state index contributed by atoms with van der Waals surface area (Å²) in [6.07, 6.45) is 4.65. The van der Waals surface area contributed by atoms with E-state index in [4.69, 9.17) is 0 Å². The highest BCUT2D eigenvalue weighted by Crippen LogP contribution is 2.50. The minimum absolute atomic E-state index is 0.0436. The van der Waals surface area contributed by atoms with Crippen molar-refractivity contribution in [3.8, 4) is 44.5 Å². The fourth-order valence-corrected chi connectivity index (χ4v) is 17.3. The van der Waals surface area contributed by atoms with Gasteiger partial charge in [-0.3, -0.25) is 0 Å². The molecule has 12 aromatic rings. The predicted octanol–water partition coefficient (Wildman–Crippen LogP) is 18.2. The highest BCUT2D eigenvalue weighted by atomic mass is 28.3. The van der Waals surface area contributed by atoms with Crippen LogP contribution in [0, 0.1) is 13.8 Å². The first-order valence-electron chi connectivity index (χ1n) is 28.7. The SMILES string of the molecule is Cc1ccc([Si](c2ccccc2)(c2ccccc2)c2ccc(-c3ccc(/C(=C/c4ccc(-c5ccc(/C=C(\c6ccccc6)c6ccc(-c7ccc8c(c7)C(C)(C)c7cc(C)ccc7-8)cc6)cc5)cc4)c4ccccc4)cc3)cc2)cc1. The maximum absolute atomic E-state index is 2.63. The third-order valence-corrected chi connectivity index (χ3v) is 21.8. The molecule has 0 aromatic heterocycles. The topological polar surface area (TPSA) is 0 Å². The molecule has 0 atom stereocenters. The van der Waals surface area contributed by atoms with Crippen molar-refractivity contribution in [2.45, 2.75) is 33.1 Å². The van der Waals surface area contributed by atoms with Crippen molar-refractivity contribution >= 4 is 52.1 Å². The van der Waals surface area contributed by atoms with Crippen LogP contribution < -0.4 is 20.7 Å². The van der Waals surface area contributed by atoms with Gasteiger partial charge in [0.05, 0.1) is 0 Å². The van der Waals surface area contributed by atoms with E-state index in [1.165, 1.54) is 121 Å². The average molecular weight is 1070 g/mol. The van der Waals surface area contributed by atoms with Gasteiger partial charge in [0.25, 0.3) is 0 Å². The summed E-state index contributed by atoms with van der Waals surface area (Å²) in [5.41, 5.74) is 24.7. The van der Waals surface area contributed by atoms with Crippen LogP contribution in [0.5, 0.6) is 0 Å². The maximum Gasteiger partial charge on any atom is 0.179 e. The van der Waals surface area contributed by atoms with Crippen LogP contribution in [0.3, 0.4) is 0 Å². The monoisotopic (exact) mass is 1060 g/mol. The summed E-state index contributed by atoms with van der Waals surface area (Å²) < 4.78 is 0. The minimum atomic E-state index is -2.63. The van der Waals surface area contributed by atoms with Crippen LogP contribution in [0.4, 0.5) is 0 Å². The van der Waals surface area contributed by atoms with Crippen LogP contribution in [-0.2, 0) is 5.41 Å². The molecule has 0 bridgehead atoms. The lowest BCUT2D eigenvalue weighted by Crippen LogP contribution is -2.74. The third kappa shape index (κ3) is 9.95. The van der Waals surface area contributed by atoms with Crippen molar-refractivity contribution in [1.29, 1.82) is 0 Å². The van der Waals surface area contributed by atoms with E-state index in [0.29, 0.717) is 0 Å². The van der Waals surface area contributed by atoms with E-state index in [2.05, 4.69) is 343 Å². The van der Waals surface area contributed by atoms with Crippen molar-refractivity contribution < 1.29 is 0 Å². The summed E-state index contributed by atoms with van der Waals surface area (Å²) in [4.78, 5) is 0. The zero-order chi connectivity index (χ0) is 55.6. The van der Waals surface area contributed by atoms with Gasteiger partial charge in [-0.05, 0) is 153 Å². The number of hydrogen-bond donors (Lipinski definition) is 0. The highest BCUT2D eigenvalue weighted by molar-refractivity contribution is 7.19. The van der Waals surface area contributed by atoms with Gasteiger partial charge in [0.15, 0.2) is 8.07 Å². The quantitative estimate of drug-likeness (QED) is 0.0613. The van der Waals surface area contributed by atoms with Crippen LogP contribution >= 0.6 is 0 Å². The van der Waals surface area contributed by atoms with Crippen LogP contribution in [-0.4, -0.2) is 8.07 Å². The number of benzene rings is 12. The van der Waals surface area contributed by atoms with Gasteiger partial charge < -0.3 is 0 Å². The van der Waals surface area contributed by atoms with Crippen molar-refractivity contribution in [2.75, 3.05) is 0 Å². The molecule has 0 unspecified atom stereocenters. The van der Waals surface area contributed by atoms with Crippen molar-refractivity contribution in [3.63, 3.8) is 0 Å². The molecule has 0 amide bonds. The summed E-state index contributed by atoms with van der Waals surface area (Å²) in [7, 11) is -2.63.